The van der Waals surface area contributed by atoms with Crippen LogP contribution in [0.2, 0.25) is 0 Å². The number of aromatic nitrogens is 1. The van der Waals surface area contributed by atoms with E-state index >= 15 is 0 Å². The summed E-state index contributed by atoms with van der Waals surface area (Å²) in [6.07, 6.45) is 1.88. The van der Waals surface area contributed by atoms with E-state index in [0.717, 1.165) is 5.56 Å². The second-order valence-corrected chi connectivity index (χ2v) is 6.15. The van der Waals surface area contributed by atoms with E-state index < -0.39 is 0 Å². The van der Waals surface area contributed by atoms with Gasteiger partial charge in [-0.3, -0.25) is 9.59 Å². The van der Waals surface area contributed by atoms with Crippen molar-refractivity contribution in [3.05, 3.63) is 70.4 Å². The maximum absolute atomic E-state index is 13.3. The van der Waals surface area contributed by atoms with Crippen molar-refractivity contribution in [2.75, 3.05) is 6.54 Å². The van der Waals surface area contributed by atoms with Gasteiger partial charge in [0.2, 0.25) is 5.91 Å². The molecule has 0 aliphatic carbocycles. The lowest BCUT2D eigenvalue weighted by Crippen LogP contribution is -2.37. The molecule has 122 valence electrons. The molecule has 1 heterocycles. The van der Waals surface area contributed by atoms with Gasteiger partial charge >= 0.3 is 0 Å². The molecule has 5 heteroatoms. The standard InChI is InChI=1S/C18H21FN2O2/c1-18(2,14-6-5-7-15(19)12-14)13-20-16(22)9-11-21-10-4-3-8-17(21)23/h3-8,10,12H,9,11,13H2,1-2H3,(H,20,22). The molecule has 4 nitrogen and oxygen atoms in total. The lowest BCUT2D eigenvalue weighted by molar-refractivity contribution is -0.121. The predicted octanol–water partition coefficient (Wildman–Crippen LogP) is 2.47. The van der Waals surface area contributed by atoms with E-state index in [9.17, 15) is 14.0 Å². The third-order valence-electron chi connectivity index (χ3n) is 3.81. The molecule has 0 fully saturated rings. The normalized spacial score (nSPS) is 11.3. The van der Waals surface area contributed by atoms with Gasteiger partial charge in [0.05, 0.1) is 0 Å². The van der Waals surface area contributed by atoms with Crippen LogP contribution in [0.4, 0.5) is 4.39 Å². The smallest absolute Gasteiger partial charge is 0.250 e. The van der Waals surface area contributed by atoms with Gasteiger partial charge in [0.25, 0.3) is 5.56 Å². The number of benzene rings is 1. The molecule has 0 saturated carbocycles. The van der Waals surface area contributed by atoms with Crippen molar-refractivity contribution in [3.63, 3.8) is 0 Å². The monoisotopic (exact) mass is 316 g/mol. The second kappa shape index (κ2) is 7.22. The van der Waals surface area contributed by atoms with Gasteiger partial charge < -0.3 is 9.88 Å². The van der Waals surface area contributed by atoms with Gasteiger partial charge in [0, 0.05) is 37.2 Å². The first kappa shape index (κ1) is 16.9. The fraction of sp³-hybridized carbons (Fsp3) is 0.333. The van der Waals surface area contributed by atoms with Crippen molar-refractivity contribution in [1.82, 2.24) is 9.88 Å². The zero-order valence-electron chi connectivity index (χ0n) is 13.4. The maximum Gasteiger partial charge on any atom is 0.250 e. The lowest BCUT2D eigenvalue weighted by Gasteiger charge is -2.25. The summed E-state index contributed by atoms with van der Waals surface area (Å²) < 4.78 is 14.8. The third-order valence-corrected chi connectivity index (χ3v) is 3.81. The fourth-order valence-electron chi connectivity index (χ4n) is 2.29. The third kappa shape index (κ3) is 4.77. The molecule has 0 radical (unpaired) electrons. The van der Waals surface area contributed by atoms with Gasteiger partial charge in [-0.2, -0.15) is 0 Å². The van der Waals surface area contributed by atoms with Crippen LogP contribution in [-0.4, -0.2) is 17.0 Å². The van der Waals surface area contributed by atoms with Crippen LogP contribution in [0.1, 0.15) is 25.8 Å². The Morgan fingerprint density at radius 3 is 2.70 bits per heavy atom. The Balaban J connectivity index is 1.88. The van der Waals surface area contributed by atoms with Crippen LogP contribution in [0.5, 0.6) is 0 Å². The van der Waals surface area contributed by atoms with Crippen molar-refractivity contribution in [2.24, 2.45) is 0 Å². The zero-order chi connectivity index (χ0) is 16.9. The zero-order valence-corrected chi connectivity index (χ0v) is 13.4. The lowest BCUT2D eigenvalue weighted by atomic mass is 9.84. The summed E-state index contributed by atoms with van der Waals surface area (Å²) in [5.74, 6) is -0.421. The van der Waals surface area contributed by atoms with Crippen molar-refractivity contribution >= 4 is 5.91 Å². The van der Waals surface area contributed by atoms with Crippen LogP contribution >= 0.6 is 0 Å². The molecular weight excluding hydrogens is 295 g/mol. The Morgan fingerprint density at radius 1 is 1.22 bits per heavy atom. The molecule has 0 aliphatic heterocycles. The highest BCUT2D eigenvalue weighted by Crippen LogP contribution is 2.22. The van der Waals surface area contributed by atoms with Gasteiger partial charge in [0.1, 0.15) is 5.82 Å². The van der Waals surface area contributed by atoms with Crippen LogP contribution < -0.4 is 10.9 Å². The molecule has 0 spiro atoms. The van der Waals surface area contributed by atoms with Crippen molar-refractivity contribution < 1.29 is 9.18 Å². The number of pyridine rings is 1. The summed E-state index contributed by atoms with van der Waals surface area (Å²) >= 11 is 0. The number of nitrogens with one attached hydrogen (secondary N) is 1. The minimum absolute atomic E-state index is 0.125. The molecule has 0 aliphatic rings. The van der Waals surface area contributed by atoms with Crippen LogP contribution in [0.15, 0.2) is 53.5 Å². The summed E-state index contributed by atoms with van der Waals surface area (Å²) in [6.45, 7) is 4.64. The molecule has 0 bridgehead atoms. The van der Waals surface area contributed by atoms with E-state index in [1.165, 1.54) is 22.8 Å². The van der Waals surface area contributed by atoms with Crippen LogP contribution in [0.25, 0.3) is 0 Å². The van der Waals surface area contributed by atoms with E-state index in [-0.39, 0.29) is 29.1 Å². The fourth-order valence-corrected chi connectivity index (χ4v) is 2.29. The Kier molecular flexibility index (Phi) is 5.32. The largest absolute Gasteiger partial charge is 0.355 e. The minimum Gasteiger partial charge on any atom is -0.355 e. The average Bonchev–Trinajstić information content (AvgIpc) is 2.52. The van der Waals surface area contributed by atoms with E-state index in [1.807, 2.05) is 19.9 Å². The van der Waals surface area contributed by atoms with E-state index in [4.69, 9.17) is 0 Å². The number of amides is 1. The average molecular weight is 316 g/mol. The molecule has 0 unspecified atom stereocenters. The highest BCUT2D eigenvalue weighted by atomic mass is 19.1. The Bertz CT molecular complexity index is 738. The number of carbonyl (C=O) groups excluding carboxylic acids is 1. The maximum atomic E-state index is 13.3. The summed E-state index contributed by atoms with van der Waals surface area (Å²) in [4.78, 5) is 23.5. The van der Waals surface area contributed by atoms with E-state index in [2.05, 4.69) is 5.32 Å². The molecular formula is C18H21FN2O2. The quantitative estimate of drug-likeness (QED) is 0.890. The Morgan fingerprint density at radius 2 is 2.00 bits per heavy atom. The number of rotatable bonds is 6. The summed E-state index contributed by atoms with van der Waals surface area (Å²) in [7, 11) is 0. The molecule has 0 saturated heterocycles. The van der Waals surface area contributed by atoms with Crippen molar-refractivity contribution in [3.8, 4) is 0 Å². The minimum atomic E-state index is -0.374. The van der Waals surface area contributed by atoms with Crippen molar-refractivity contribution in [2.45, 2.75) is 32.2 Å². The molecule has 23 heavy (non-hydrogen) atoms. The highest BCUT2D eigenvalue weighted by Gasteiger charge is 2.21. The number of carbonyl (C=O) groups is 1. The van der Waals surface area contributed by atoms with Gasteiger partial charge in [-0.25, -0.2) is 4.39 Å². The summed E-state index contributed by atoms with van der Waals surface area (Å²) in [5, 5.41) is 2.85. The van der Waals surface area contributed by atoms with E-state index in [0.29, 0.717) is 13.1 Å². The first-order valence-corrected chi connectivity index (χ1v) is 7.57. The predicted molar refractivity (Wildman–Crippen MR) is 87.8 cm³/mol. The topological polar surface area (TPSA) is 51.1 Å². The number of hydrogen-bond acceptors (Lipinski definition) is 2. The van der Waals surface area contributed by atoms with Crippen molar-refractivity contribution in [1.29, 1.82) is 0 Å². The van der Waals surface area contributed by atoms with Gasteiger partial charge in [-0.05, 0) is 23.8 Å². The highest BCUT2D eigenvalue weighted by molar-refractivity contribution is 5.75. The summed E-state index contributed by atoms with van der Waals surface area (Å²) in [5.41, 5.74) is 0.332. The Labute approximate surface area is 135 Å². The first-order chi connectivity index (χ1) is 10.9. The van der Waals surface area contributed by atoms with Gasteiger partial charge in [-0.15, -0.1) is 0 Å². The SMILES string of the molecule is CC(C)(CNC(=O)CCn1ccccc1=O)c1cccc(F)c1. The summed E-state index contributed by atoms with van der Waals surface area (Å²) in [6, 6.07) is 11.3. The van der Waals surface area contributed by atoms with Crippen LogP contribution in [0, 0.1) is 5.82 Å². The molecule has 1 N–H and O–H groups in total. The Hall–Kier alpha value is -2.43. The molecule has 2 rings (SSSR count). The van der Waals surface area contributed by atoms with Crippen LogP contribution in [0.3, 0.4) is 0 Å². The molecule has 1 amide bonds. The number of hydrogen-bond donors (Lipinski definition) is 1. The number of aryl methyl sites for hydroxylation is 1. The van der Waals surface area contributed by atoms with Gasteiger partial charge in [0.15, 0.2) is 0 Å². The molecule has 2 aromatic rings. The first-order valence-electron chi connectivity index (χ1n) is 7.57. The second-order valence-electron chi connectivity index (χ2n) is 6.15. The van der Waals surface area contributed by atoms with E-state index in [1.54, 1.807) is 24.4 Å². The molecule has 1 aromatic heterocycles. The molecule has 0 atom stereocenters. The molecule has 1 aromatic carbocycles. The number of halogens is 1. The van der Waals surface area contributed by atoms with Crippen LogP contribution in [-0.2, 0) is 16.8 Å². The van der Waals surface area contributed by atoms with Gasteiger partial charge in [-0.1, -0.05) is 32.0 Å². The number of nitrogens with zero attached hydrogens (tertiary/aromatic N) is 1.